The number of sulfonamides is 1. The number of amides is 1. The summed E-state index contributed by atoms with van der Waals surface area (Å²) in [4.78, 5) is 18.0. The molecule has 0 aliphatic heterocycles. The van der Waals surface area contributed by atoms with Crippen LogP contribution < -0.4 is 14.8 Å². The standard InChI is InChI=1S/C24H23N3O5S2/c1-15-6-7-18(13-22(15)34(29,30)27-17-8-10-19(31-3)11-9-17)25-23(28)14-20-16(2)32-24(26-20)21-5-4-12-33-21/h4-13,27H,14H2,1-3H3,(H,25,28). The fourth-order valence-electron chi connectivity index (χ4n) is 3.29. The summed E-state index contributed by atoms with van der Waals surface area (Å²) in [5, 5.41) is 4.68. The molecule has 4 aromatic rings. The highest BCUT2D eigenvalue weighted by Crippen LogP contribution is 2.27. The first-order chi connectivity index (χ1) is 16.2. The number of carbonyl (C=O) groups is 1. The molecule has 0 aliphatic rings. The van der Waals surface area contributed by atoms with E-state index in [1.165, 1.54) is 24.5 Å². The first kappa shape index (κ1) is 23.5. The number of aromatic nitrogens is 1. The number of benzene rings is 2. The van der Waals surface area contributed by atoms with Gasteiger partial charge in [-0.25, -0.2) is 13.4 Å². The minimum Gasteiger partial charge on any atom is -0.497 e. The Morgan fingerprint density at radius 2 is 1.82 bits per heavy atom. The van der Waals surface area contributed by atoms with E-state index in [4.69, 9.17) is 9.15 Å². The number of methoxy groups -OCH3 is 1. The van der Waals surface area contributed by atoms with Crippen LogP contribution in [0.4, 0.5) is 11.4 Å². The molecule has 8 nitrogen and oxygen atoms in total. The average molecular weight is 498 g/mol. The molecule has 34 heavy (non-hydrogen) atoms. The predicted octanol–water partition coefficient (Wildman–Crippen LogP) is 5.01. The molecule has 2 aromatic carbocycles. The molecule has 0 aliphatic carbocycles. The van der Waals surface area contributed by atoms with Gasteiger partial charge in [0.1, 0.15) is 11.5 Å². The molecule has 2 heterocycles. The number of thiophene rings is 1. The zero-order chi connectivity index (χ0) is 24.3. The molecule has 10 heteroatoms. The van der Waals surface area contributed by atoms with Crippen molar-refractivity contribution in [3.8, 4) is 16.5 Å². The van der Waals surface area contributed by atoms with E-state index in [0.29, 0.717) is 40.0 Å². The summed E-state index contributed by atoms with van der Waals surface area (Å²) in [5.41, 5.74) is 1.84. The van der Waals surface area contributed by atoms with E-state index in [0.717, 1.165) is 4.88 Å². The highest BCUT2D eigenvalue weighted by molar-refractivity contribution is 7.92. The van der Waals surface area contributed by atoms with Crippen molar-refractivity contribution in [2.75, 3.05) is 17.1 Å². The molecule has 0 saturated carbocycles. The maximum Gasteiger partial charge on any atom is 0.262 e. The van der Waals surface area contributed by atoms with Crippen molar-refractivity contribution in [1.82, 2.24) is 4.98 Å². The second-order valence-electron chi connectivity index (χ2n) is 7.54. The van der Waals surface area contributed by atoms with Crippen molar-refractivity contribution in [2.24, 2.45) is 0 Å². The second-order valence-corrected chi connectivity index (χ2v) is 10.1. The largest absolute Gasteiger partial charge is 0.497 e. The first-order valence-electron chi connectivity index (χ1n) is 10.3. The molecule has 2 aromatic heterocycles. The molecule has 0 atom stereocenters. The lowest BCUT2D eigenvalue weighted by Gasteiger charge is -2.13. The molecule has 2 N–H and O–H groups in total. The van der Waals surface area contributed by atoms with Crippen LogP contribution in [0.1, 0.15) is 17.0 Å². The van der Waals surface area contributed by atoms with Gasteiger partial charge < -0.3 is 14.5 Å². The third-order valence-corrected chi connectivity index (χ3v) is 7.44. The van der Waals surface area contributed by atoms with E-state index in [9.17, 15) is 13.2 Å². The third-order valence-electron chi connectivity index (χ3n) is 5.06. The Morgan fingerprint density at radius 1 is 1.09 bits per heavy atom. The number of aryl methyl sites for hydroxylation is 2. The van der Waals surface area contributed by atoms with Gasteiger partial charge in [-0.05, 0) is 67.3 Å². The van der Waals surface area contributed by atoms with Crippen molar-refractivity contribution in [3.05, 3.63) is 77.0 Å². The van der Waals surface area contributed by atoms with Gasteiger partial charge in [0.15, 0.2) is 0 Å². The molecule has 0 radical (unpaired) electrons. The van der Waals surface area contributed by atoms with Crippen molar-refractivity contribution in [1.29, 1.82) is 0 Å². The van der Waals surface area contributed by atoms with E-state index in [1.54, 1.807) is 50.2 Å². The molecule has 4 rings (SSSR count). The number of nitrogens with one attached hydrogen (secondary N) is 2. The van der Waals surface area contributed by atoms with Crippen LogP contribution in [0.25, 0.3) is 10.8 Å². The normalized spacial score (nSPS) is 11.3. The van der Waals surface area contributed by atoms with Crippen molar-refractivity contribution >= 4 is 38.6 Å². The highest BCUT2D eigenvalue weighted by atomic mass is 32.2. The molecule has 0 bridgehead atoms. The zero-order valence-electron chi connectivity index (χ0n) is 18.8. The molecular weight excluding hydrogens is 474 g/mol. The molecule has 0 saturated heterocycles. The molecule has 0 unspecified atom stereocenters. The van der Waals surface area contributed by atoms with E-state index < -0.39 is 10.0 Å². The fraction of sp³-hybridized carbons (Fsp3) is 0.167. The zero-order valence-corrected chi connectivity index (χ0v) is 20.4. The van der Waals surface area contributed by atoms with Gasteiger partial charge in [0.25, 0.3) is 10.0 Å². The van der Waals surface area contributed by atoms with Gasteiger partial charge in [-0.2, -0.15) is 0 Å². The summed E-state index contributed by atoms with van der Waals surface area (Å²) < 4.78 is 39.3. The quantitative estimate of drug-likeness (QED) is 0.354. The van der Waals surface area contributed by atoms with Crippen LogP contribution in [0.3, 0.4) is 0 Å². The lowest BCUT2D eigenvalue weighted by molar-refractivity contribution is -0.115. The van der Waals surface area contributed by atoms with Gasteiger partial charge in [0.05, 0.1) is 29.0 Å². The Hall–Kier alpha value is -3.63. The summed E-state index contributed by atoms with van der Waals surface area (Å²) in [6.07, 6.45) is 0.000761. The number of rotatable bonds is 8. The highest BCUT2D eigenvalue weighted by Gasteiger charge is 2.19. The van der Waals surface area contributed by atoms with Crippen LogP contribution in [0.15, 0.2) is 69.3 Å². The summed E-state index contributed by atoms with van der Waals surface area (Å²) in [7, 11) is -2.34. The Bertz CT molecular complexity index is 1410. The topological polar surface area (TPSA) is 111 Å². The number of anilines is 2. The van der Waals surface area contributed by atoms with Gasteiger partial charge in [-0.1, -0.05) is 12.1 Å². The maximum atomic E-state index is 13.0. The first-order valence-corrected chi connectivity index (χ1v) is 12.7. The Morgan fingerprint density at radius 3 is 2.50 bits per heavy atom. The van der Waals surface area contributed by atoms with Crippen molar-refractivity contribution in [3.63, 3.8) is 0 Å². The Balaban J connectivity index is 1.49. The number of hydrogen-bond acceptors (Lipinski definition) is 7. The number of nitrogens with zero attached hydrogens (tertiary/aromatic N) is 1. The number of carbonyl (C=O) groups excluding carboxylic acids is 1. The van der Waals surface area contributed by atoms with Crippen LogP contribution in [0.5, 0.6) is 5.75 Å². The van der Waals surface area contributed by atoms with Crippen LogP contribution in [0, 0.1) is 13.8 Å². The number of oxazole rings is 1. The Labute approximate surface area is 201 Å². The van der Waals surface area contributed by atoms with E-state index in [2.05, 4.69) is 15.0 Å². The van der Waals surface area contributed by atoms with Crippen LogP contribution in [-0.4, -0.2) is 26.4 Å². The number of ether oxygens (including phenoxy) is 1. The van der Waals surface area contributed by atoms with E-state index in [1.807, 2.05) is 17.5 Å². The minimum atomic E-state index is -3.88. The van der Waals surface area contributed by atoms with Gasteiger partial charge in [-0.15, -0.1) is 11.3 Å². The smallest absolute Gasteiger partial charge is 0.262 e. The Kier molecular flexibility index (Phi) is 6.71. The molecular formula is C24H23N3O5S2. The third kappa shape index (κ3) is 5.29. The lowest BCUT2D eigenvalue weighted by atomic mass is 10.2. The average Bonchev–Trinajstić information content (AvgIpc) is 3.45. The molecule has 176 valence electrons. The molecule has 1 amide bonds. The summed E-state index contributed by atoms with van der Waals surface area (Å²) in [6, 6.07) is 15.1. The summed E-state index contributed by atoms with van der Waals surface area (Å²) in [6.45, 7) is 3.45. The van der Waals surface area contributed by atoms with Gasteiger partial charge in [0.2, 0.25) is 11.8 Å². The molecule has 0 fully saturated rings. The van der Waals surface area contributed by atoms with E-state index >= 15 is 0 Å². The second kappa shape index (κ2) is 9.70. The van der Waals surface area contributed by atoms with Crippen LogP contribution in [-0.2, 0) is 21.2 Å². The van der Waals surface area contributed by atoms with Crippen LogP contribution in [0.2, 0.25) is 0 Å². The predicted molar refractivity (Wildman–Crippen MR) is 132 cm³/mol. The lowest BCUT2D eigenvalue weighted by Crippen LogP contribution is -2.17. The van der Waals surface area contributed by atoms with Gasteiger partial charge >= 0.3 is 0 Å². The molecule has 0 spiro atoms. The van der Waals surface area contributed by atoms with Crippen LogP contribution >= 0.6 is 11.3 Å². The van der Waals surface area contributed by atoms with Crippen molar-refractivity contribution < 1.29 is 22.4 Å². The van der Waals surface area contributed by atoms with Gasteiger partial charge in [-0.3, -0.25) is 9.52 Å². The maximum absolute atomic E-state index is 13.0. The monoisotopic (exact) mass is 497 g/mol. The SMILES string of the molecule is COc1ccc(NS(=O)(=O)c2cc(NC(=O)Cc3nc(-c4cccs4)oc3C)ccc2C)cc1. The fourth-order valence-corrected chi connectivity index (χ4v) is 5.27. The van der Waals surface area contributed by atoms with E-state index in [-0.39, 0.29) is 17.2 Å². The van der Waals surface area contributed by atoms with Crippen molar-refractivity contribution in [2.45, 2.75) is 25.2 Å². The minimum absolute atomic E-state index is 0.000761. The number of hydrogen-bond donors (Lipinski definition) is 2. The summed E-state index contributed by atoms with van der Waals surface area (Å²) in [5.74, 6) is 1.33. The van der Waals surface area contributed by atoms with Gasteiger partial charge in [0, 0.05) is 11.4 Å². The summed E-state index contributed by atoms with van der Waals surface area (Å²) >= 11 is 1.50.